The Morgan fingerprint density at radius 3 is 2.37 bits per heavy atom. The molecule has 0 aromatic heterocycles. The maximum Gasteiger partial charge on any atom is 0.339 e. The summed E-state index contributed by atoms with van der Waals surface area (Å²) in [5.74, 6) is -0.623. The molecule has 0 bridgehead atoms. The van der Waals surface area contributed by atoms with E-state index in [1.807, 2.05) is 30.3 Å². The molecule has 0 unspecified atom stereocenters. The Labute approximate surface area is 170 Å². The van der Waals surface area contributed by atoms with Crippen LogP contribution in [0.25, 0.3) is 0 Å². The number of nitrogens with two attached hydrogens (primary N) is 1. The zero-order chi connectivity index (χ0) is 19.2. The highest BCUT2D eigenvalue weighted by Gasteiger charge is 2.25. The van der Waals surface area contributed by atoms with Gasteiger partial charge in [0.25, 0.3) is 0 Å². The van der Waals surface area contributed by atoms with Gasteiger partial charge in [-0.2, -0.15) is 4.31 Å². The van der Waals surface area contributed by atoms with E-state index in [9.17, 15) is 13.2 Å². The molecule has 0 aliphatic rings. The van der Waals surface area contributed by atoms with Crippen molar-refractivity contribution in [2.75, 3.05) is 26.7 Å². The summed E-state index contributed by atoms with van der Waals surface area (Å²) in [6.45, 7) is 0.674. The molecule has 0 spiro atoms. The minimum Gasteiger partial charge on any atom is -0.465 e. The standard InChI is InChI=1S/C18H21ClN2O4S.ClH/c1-25-18(22)16-8-7-15(13-17(16)19)26(23,24)21(12-10-20)11-9-14-5-3-2-4-6-14;/h2-8,13H,9-12,20H2,1H3;1H. The van der Waals surface area contributed by atoms with E-state index in [0.717, 1.165) is 5.56 Å². The van der Waals surface area contributed by atoms with Crippen molar-refractivity contribution < 1.29 is 17.9 Å². The van der Waals surface area contributed by atoms with Crippen LogP contribution in [0.5, 0.6) is 0 Å². The second-order valence-corrected chi connectivity index (χ2v) is 7.91. The lowest BCUT2D eigenvalue weighted by atomic mass is 10.1. The molecule has 2 rings (SSSR count). The van der Waals surface area contributed by atoms with Crippen molar-refractivity contribution >= 4 is 40.0 Å². The van der Waals surface area contributed by atoms with Gasteiger partial charge in [0, 0.05) is 19.6 Å². The predicted octanol–water partition coefficient (Wildman–Crippen LogP) is 2.74. The Morgan fingerprint density at radius 1 is 1.15 bits per heavy atom. The highest BCUT2D eigenvalue weighted by Crippen LogP contribution is 2.24. The van der Waals surface area contributed by atoms with E-state index in [0.29, 0.717) is 13.0 Å². The fourth-order valence-corrected chi connectivity index (χ4v) is 4.28. The number of hydrogen-bond donors (Lipinski definition) is 1. The van der Waals surface area contributed by atoms with Crippen LogP contribution in [0.1, 0.15) is 15.9 Å². The van der Waals surface area contributed by atoms with Crippen molar-refractivity contribution in [2.24, 2.45) is 5.73 Å². The monoisotopic (exact) mass is 432 g/mol. The number of esters is 1. The highest BCUT2D eigenvalue weighted by atomic mass is 35.5. The number of hydrogen-bond acceptors (Lipinski definition) is 5. The fourth-order valence-electron chi connectivity index (χ4n) is 2.48. The fraction of sp³-hybridized carbons (Fsp3) is 0.278. The number of nitrogens with zero attached hydrogens (tertiary/aromatic N) is 1. The first-order valence-electron chi connectivity index (χ1n) is 8.02. The number of halogens is 2. The quantitative estimate of drug-likeness (QED) is 0.647. The number of methoxy groups -OCH3 is 1. The molecule has 2 aromatic carbocycles. The van der Waals surface area contributed by atoms with Crippen molar-refractivity contribution in [3.63, 3.8) is 0 Å². The largest absolute Gasteiger partial charge is 0.465 e. The van der Waals surface area contributed by atoms with Crippen LogP contribution in [0, 0.1) is 0 Å². The number of ether oxygens (including phenoxy) is 1. The lowest BCUT2D eigenvalue weighted by molar-refractivity contribution is 0.0601. The second kappa shape index (κ2) is 10.6. The summed E-state index contributed by atoms with van der Waals surface area (Å²) in [7, 11) is -2.56. The third kappa shape index (κ3) is 5.92. The molecule has 0 aliphatic carbocycles. The van der Waals surface area contributed by atoms with E-state index in [2.05, 4.69) is 4.74 Å². The van der Waals surface area contributed by atoms with Gasteiger partial charge in [-0.25, -0.2) is 13.2 Å². The van der Waals surface area contributed by atoms with Gasteiger partial charge in [-0.15, -0.1) is 12.4 Å². The SMILES string of the molecule is COC(=O)c1ccc(S(=O)(=O)N(CCN)CCc2ccccc2)cc1Cl.Cl. The number of carbonyl (C=O) groups is 1. The Hall–Kier alpha value is -1.64. The van der Waals surface area contributed by atoms with Crippen LogP contribution < -0.4 is 5.73 Å². The summed E-state index contributed by atoms with van der Waals surface area (Å²) in [4.78, 5) is 11.6. The number of sulfonamides is 1. The normalized spacial score (nSPS) is 11.1. The predicted molar refractivity (Wildman–Crippen MR) is 108 cm³/mol. The maximum absolute atomic E-state index is 12.9. The van der Waals surface area contributed by atoms with E-state index in [1.165, 1.54) is 29.6 Å². The molecule has 0 saturated heterocycles. The van der Waals surface area contributed by atoms with Crippen LogP contribution in [0.3, 0.4) is 0 Å². The highest BCUT2D eigenvalue weighted by molar-refractivity contribution is 7.89. The first kappa shape index (κ1) is 23.4. The molecule has 6 nitrogen and oxygen atoms in total. The van der Waals surface area contributed by atoms with Gasteiger partial charge >= 0.3 is 5.97 Å². The maximum atomic E-state index is 12.9. The summed E-state index contributed by atoms with van der Waals surface area (Å²) >= 11 is 6.06. The van der Waals surface area contributed by atoms with E-state index >= 15 is 0 Å². The Bertz CT molecular complexity index is 861. The molecule has 148 valence electrons. The second-order valence-electron chi connectivity index (χ2n) is 5.56. The van der Waals surface area contributed by atoms with Gasteiger partial charge in [0.15, 0.2) is 0 Å². The van der Waals surface area contributed by atoms with Crippen LogP contribution in [0.15, 0.2) is 53.4 Å². The zero-order valence-electron chi connectivity index (χ0n) is 14.8. The van der Waals surface area contributed by atoms with Gasteiger partial charge in [-0.05, 0) is 30.2 Å². The van der Waals surface area contributed by atoms with Gasteiger partial charge in [0.2, 0.25) is 10.0 Å². The smallest absolute Gasteiger partial charge is 0.339 e. The van der Waals surface area contributed by atoms with Crippen LogP contribution in [-0.2, 0) is 21.2 Å². The van der Waals surface area contributed by atoms with Gasteiger partial charge < -0.3 is 10.5 Å². The molecule has 0 atom stereocenters. The van der Waals surface area contributed by atoms with E-state index in [-0.39, 0.29) is 41.0 Å². The third-order valence-electron chi connectivity index (χ3n) is 3.85. The molecular weight excluding hydrogens is 411 g/mol. The molecular formula is C18H22Cl2N2O4S. The lowest BCUT2D eigenvalue weighted by Gasteiger charge is -2.22. The van der Waals surface area contributed by atoms with Crippen LogP contribution >= 0.6 is 24.0 Å². The lowest BCUT2D eigenvalue weighted by Crippen LogP contribution is -2.37. The van der Waals surface area contributed by atoms with Crippen molar-refractivity contribution in [1.29, 1.82) is 0 Å². The number of carbonyl (C=O) groups excluding carboxylic acids is 1. The van der Waals surface area contributed by atoms with Crippen molar-refractivity contribution in [2.45, 2.75) is 11.3 Å². The van der Waals surface area contributed by atoms with Crippen LogP contribution in [0.4, 0.5) is 0 Å². The number of benzene rings is 2. The minimum atomic E-state index is -3.79. The summed E-state index contributed by atoms with van der Waals surface area (Å²) in [5, 5.41) is 0.0219. The van der Waals surface area contributed by atoms with Crippen molar-refractivity contribution in [3.8, 4) is 0 Å². The van der Waals surface area contributed by atoms with E-state index in [1.54, 1.807) is 0 Å². The number of rotatable bonds is 8. The molecule has 0 radical (unpaired) electrons. The Balaban J connectivity index is 0.00000364. The summed E-state index contributed by atoms with van der Waals surface area (Å²) in [6.07, 6.45) is 0.564. The molecule has 0 aliphatic heterocycles. The molecule has 0 fully saturated rings. The molecule has 0 saturated carbocycles. The molecule has 2 N–H and O–H groups in total. The molecule has 9 heteroatoms. The topological polar surface area (TPSA) is 89.7 Å². The first-order valence-corrected chi connectivity index (χ1v) is 9.84. The summed E-state index contributed by atoms with van der Waals surface area (Å²) in [6, 6.07) is 13.5. The molecule has 27 heavy (non-hydrogen) atoms. The van der Waals surface area contributed by atoms with E-state index in [4.69, 9.17) is 17.3 Å². The van der Waals surface area contributed by atoms with Gasteiger partial charge in [0.05, 0.1) is 22.6 Å². The van der Waals surface area contributed by atoms with Crippen molar-refractivity contribution in [3.05, 3.63) is 64.7 Å². The minimum absolute atomic E-state index is 0. The molecule has 2 aromatic rings. The van der Waals surface area contributed by atoms with E-state index < -0.39 is 16.0 Å². The average molecular weight is 433 g/mol. The van der Waals surface area contributed by atoms with Gasteiger partial charge in [-0.1, -0.05) is 41.9 Å². The van der Waals surface area contributed by atoms with Gasteiger partial charge in [0.1, 0.15) is 0 Å². The van der Waals surface area contributed by atoms with Crippen LogP contribution in [-0.4, -0.2) is 45.4 Å². The summed E-state index contributed by atoms with van der Waals surface area (Å²) < 4.78 is 31.8. The zero-order valence-corrected chi connectivity index (χ0v) is 17.2. The third-order valence-corrected chi connectivity index (χ3v) is 6.06. The van der Waals surface area contributed by atoms with Crippen molar-refractivity contribution in [1.82, 2.24) is 4.31 Å². The first-order chi connectivity index (χ1) is 12.4. The molecule has 0 amide bonds. The average Bonchev–Trinajstić information content (AvgIpc) is 2.65. The Kier molecular flexibility index (Phi) is 9.21. The Morgan fingerprint density at radius 2 is 1.81 bits per heavy atom. The van der Waals surface area contributed by atoms with Crippen LogP contribution in [0.2, 0.25) is 5.02 Å². The molecule has 0 heterocycles. The van der Waals surface area contributed by atoms with Gasteiger partial charge in [-0.3, -0.25) is 0 Å². The summed E-state index contributed by atoms with van der Waals surface area (Å²) in [5.41, 5.74) is 6.74.